The minimum atomic E-state index is 0.187. The number of rotatable bonds is 2. The van der Waals surface area contributed by atoms with Crippen LogP contribution in [0.15, 0.2) is 0 Å². The van der Waals surface area contributed by atoms with E-state index in [1.54, 1.807) is 0 Å². The summed E-state index contributed by atoms with van der Waals surface area (Å²) in [5.41, 5.74) is 6.96. The minimum absolute atomic E-state index is 0.187. The maximum absolute atomic E-state index is 6.96. The van der Waals surface area contributed by atoms with E-state index in [9.17, 15) is 0 Å². The van der Waals surface area contributed by atoms with E-state index >= 15 is 0 Å². The highest BCUT2D eigenvalue weighted by molar-refractivity contribution is 7.80. The Morgan fingerprint density at radius 3 is 2.60 bits per heavy atom. The highest BCUT2D eigenvalue weighted by atomic mass is 32.1. The largest absolute Gasteiger partial charge is 0.361 e. The molecule has 3 heteroatoms. The fraction of sp³-hybridized carbons (Fsp3) is 0.857. The van der Waals surface area contributed by atoms with E-state index in [0.717, 1.165) is 12.5 Å². The summed E-state index contributed by atoms with van der Waals surface area (Å²) in [4.78, 5) is 0. The predicted octanol–water partition coefficient (Wildman–Crippen LogP) is 1.33. The lowest BCUT2D eigenvalue weighted by molar-refractivity contribution is 0.536. The van der Waals surface area contributed by atoms with Crippen LogP contribution in [0.3, 0.4) is 0 Å². The van der Waals surface area contributed by atoms with Crippen LogP contribution in [-0.4, -0.2) is 11.7 Å². The Labute approximate surface area is 67.2 Å². The van der Waals surface area contributed by atoms with Gasteiger partial charge in [0.15, 0.2) is 5.11 Å². The van der Waals surface area contributed by atoms with Crippen molar-refractivity contribution < 1.29 is 0 Å². The lowest BCUT2D eigenvalue weighted by atomic mass is 10.1. The van der Waals surface area contributed by atoms with Gasteiger partial charge in [-0.1, -0.05) is 12.8 Å². The molecule has 1 radical (unpaired) electrons. The molecule has 10 heavy (non-hydrogen) atoms. The third-order valence-corrected chi connectivity index (χ3v) is 2.17. The number of hydrogen-bond acceptors (Lipinski definition) is 1. The number of thiocarbonyl (C=S) groups is 1. The maximum Gasteiger partial charge on any atom is 0.185 e. The van der Waals surface area contributed by atoms with Gasteiger partial charge in [0.05, 0.1) is 0 Å². The Bertz CT molecular complexity index is 119. The number of nitrogens with one attached hydrogen (secondary N) is 2. The van der Waals surface area contributed by atoms with Crippen molar-refractivity contribution in [3.8, 4) is 0 Å². The lowest BCUT2D eigenvalue weighted by Crippen LogP contribution is -2.27. The van der Waals surface area contributed by atoms with Crippen LogP contribution in [0.1, 0.15) is 25.7 Å². The summed E-state index contributed by atoms with van der Waals surface area (Å²) in [6, 6.07) is 0. The van der Waals surface area contributed by atoms with Gasteiger partial charge < -0.3 is 5.32 Å². The molecule has 0 heterocycles. The van der Waals surface area contributed by atoms with E-state index in [2.05, 4.69) is 17.5 Å². The van der Waals surface area contributed by atoms with Gasteiger partial charge in [0.2, 0.25) is 0 Å². The number of hydrogen-bond donors (Lipinski definition) is 1. The molecule has 0 aromatic carbocycles. The Hall–Kier alpha value is -0.310. The van der Waals surface area contributed by atoms with Crippen molar-refractivity contribution in [3.63, 3.8) is 0 Å². The van der Waals surface area contributed by atoms with Crippen molar-refractivity contribution in [2.75, 3.05) is 6.54 Å². The fourth-order valence-corrected chi connectivity index (χ4v) is 1.53. The van der Waals surface area contributed by atoms with Crippen molar-refractivity contribution in [3.05, 3.63) is 0 Å². The Morgan fingerprint density at radius 2 is 2.10 bits per heavy atom. The topological polar surface area (TPSA) is 35.8 Å². The first-order valence-electron chi connectivity index (χ1n) is 3.78. The molecule has 0 amide bonds. The first-order chi connectivity index (χ1) is 4.79. The van der Waals surface area contributed by atoms with Gasteiger partial charge in [0, 0.05) is 6.54 Å². The molecule has 0 aromatic rings. The molecule has 0 aliphatic heterocycles. The average molecular weight is 157 g/mol. The van der Waals surface area contributed by atoms with Gasteiger partial charge >= 0.3 is 0 Å². The highest BCUT2D eigenvalue weighted by Gasteiger charge is 2.13. The predicted molar refractivity (Wildman–Crippen MR) is 45.7 cm³/mol. The molecule has 1 fully saturated rings. The van der Waals surface area contributed by atoms with Gasteiger partial charge in [-0.3, -0.25) is 5.73 Å². The second-order valence-electron chi connectivity index (χ2n) is 2.86. The summed E-state index contributed by atoms with van der Waals surface area (Å²) in [6.07, 6.45) is 5.35. The van der Waals surface area contributed by atoms with Gasteiger partial charge in [-0.15, -0.1) is 0 Å². The molecule has 0 saturated heterocycles. The molecular formula is C7H13N2S. The average Bonchev–Trinajstić information content (AvgIpc) is 2.34. The molecule has 0 spiro atoms. The second-order valence-corrected chi connectivity index (χ2v) is 3.27. The van der Waals surface area contributed by atoms with Crippen molar-refractivity contribution in [2.45, 2.75) is 25.7 Å². The maximum atomic E-state index is 6.96. The van der Waals surface area contributed by atoms with E-state index in [1.807, 2.05) is 0 Å². The smallest absolute Gasteiger partial charge is 0.185 e. The van der Waals surface area contributed by atoms with Crippen LogP contribution >= 0.6 is 12.2 Å². The van der Waals surface area contributed by atoms with E-state index < -0.39 is 0 Å². The van der Waals surface area contributed by atoms with E-state index in [-0.39, 0.29) is 5.11 Å². The third kappa shape index (κ3) is 2.52. The van der Waals surface area contributed by atoms with Crippen LogP contribution in [-0.2, 0) is 0 Å². The van der Waals surface area contributed by atoms with Crippen LogP contribution in [0.5, 0.6) is 0 Å². The van der Waals surface area contributed by atoms with Crippen LogP contribution in [0.25, 0.3) is 0 Å². The fourth-order valence-electron chi connectivity index (χ4n) is 1.45. The van der Waals surface area contributed by atoms with Crippen LogP contribution in [0.4, 0.5) is 0 Å². The Balaban J connectivity index is 2.07. The summed E-state index contributed by atoms with van der Waals surface area (Å²) in [6.45, 7) is 0.919. The van der Waals surface area contributed by atoms with Gasteiger partial charge in [0.25, 0.3) is 0 Å². The molecule has 0 atom stereocenters. The second kappa shape index (κ2) is 3.76. The van der Waals surface area contributed by atoms with Crippen molar-refractivity contribution >= 4 is 17.3 Å². The first kappa shape index (κ1) is 7.79. The molecule has 1 aliphatic rings. The van der Waals surface area contributed by atoms with Crippen molar-refractivity contribution in [1.29, 1.82) is 0 Å². The van der Waals surface area contributed by atoms with Crippen LogP contribution in [0.2, 0.25) is 0 Å². The zero-order valence-corrected chi connectivity index (χ0v) is 6.84. The highest BCUT2D eigenvalue weighted by Crippen LogP contribution is 2.23. The molecule has 1 aliphatic carbocycles. The summed E-state index contributed by atoms with van der Waals surface area (Å²) >= 11 is 4.59. The van der Waals surface area contributed by atoms with E-state index in [4.69, 9.17) is 5.73 Å². The molecule has 2 N–H and O–H groups in total. The standard InChI is InChI=1S/C7H13N2S/c8-7(10)9-5-6-3-1-2-4-6/h6,8H,1-5H2,(H,9,10). The zero-order valence-electron chi connectivity index (χ0n) is 6.02. The lowest BCUT2D eigenvalue weighted by Gasteiger charge is -2.08. The first-order valence-corrected chi connectivity index (χ1v) is 4.19. The summed E-state index contributed by atoms with van der Waals surface area (Å²) < 4.78 is 0. The van der Waals surface area contributed by atoms with Crippen LogP contribution < -0.4 is 11.1 Å². The van der Waals surface area contributed by atoms with Crippen molar-refractivity contribution in [2.24, 2.45) is 5.92 Å². The third-order valence-electron chi connectivity index (χ3n) is 2.03. The molecule has 0 aromatic heterocycles. The van der Waals surface area contributed by atoms with Gasteiger partial charge in [-0.05, 0) is 31.0 Å². The normalized spacial score (nSPS) is 19.2. The summed E-state index contributed by atoms with van der Waals surface area (Å²) in [5, 5.41) is 3.07. The molecule has 57 valence electrons. The quantitative estimate of drug-likeness (QED) is 0.614. The van der Waals surface area contributed by atoms with Crippen LogP contribution in [0, 0.1) is 5.92 Å². The molecule has 0 bridgehead atoms. The SMILES string of the molecule is [NH]C(=S)NCC1CCCC1. The molecule has 2 nitrogen and oxygen atoms in total. The summed E-state index contributed by atoms with van der Waals surface area (Å²) in [5.74, 6) is 0.781. The van der Waals surface area contributed by atoms with Gasteiger partial charge in [0.1, 0.15) is 0 Å². The summed E-state index contributed by atoms with van der Waals surface area (Å²) in [7, 11) is 0. The van der Waals surface area contributed by atoms with Gasteiger partial charge in [-0.2, -0.15) is 0 Å². The Morgan fingerprint density at radius 1 is 1.50 bits per heavy atom. The molecular weight excluding hydrogens is 144 g/mol. The molecule has 0 unspecified atom stereocenters. The van der Waals surface area contributed by atoms with E-state index in [0.29, 0.717) is 0 Å². The Kier molecular flexibility index (Phi) is 2.93. The van der Waals surface area contributed by atoms with E-state index in [1.165, 1.54) is 25.7 Å². The minimum Gasteiger partial charge on any atom is -0.361 e. The molecule has 1 rings (SSSR count). The zero-order chi connectivity index (χ0) is 7.40. The molecule has 1 saturated carbocycles. The van der Waals surface area contributed by atoms with Crippen molar-refractivity contribution in [1.82, 2.24) is 11.1 Å². The monoisotopic (exact) mass is 157 g/mol. The van der Waals surface area contributed by atoms with Gasteiger partial charge in [-0.25, -0.2) is 0 Å².